The second-order valence-corrected chi connectivity index (χ2v) is 6.17. The molecular formula is C19H22N6O2. The Balaban J connectivity index is 1.68. The van der Waals surface area contributed by atoms with Crippen LogP contribution in [-0.4, -0.2) is 44.9 Å². The maximum atomic E-state index is 12.3. The fraction of sp³-hybridized carbons (Fsp3) is 0.316. The molecular weight excluding hydrogens is 344 g/mol. The van der Waals surface area contributed by atoms with Crippen molar-refractivity contribution in [3.63, 3.8) is 0 Å². The van der Waals surface area contributed by atoms with Crippen molar-refractivity contribution in [1.29, 1.82) is 0 Å². The highest BCUT2D eigenvalue weighted by atomic mass is 16.2. The van der Waals surface area contributed by atoms with Crippen LogP contribution in [0.25, 0.3) is 16.6 Å². The Labute approximate surface area is 157 Å². The number of carbonyl (C=O) groups excluding carboxylic acids is 2. The van der Waals surface area contributed by atoms with Crippen LogP contribution in [0.5, 0.6) is 0 Å². The van der Waals surface area contributed by atoms with Crippen LogP contribution in [0, 0.1) is 6.92 Å². The van der Waals surface area contributed by atoms with Crippen molar-refractivity contribution < 1.29 is 9.59 Å². The molecule has 0 aliphatic heterocycles. The topological polar surface area (TPSA) is 102 Å². The number of hydrogen-bond acceptors (Lipinski definition) is 5. The minimum absolute atomic E-state index is 0.0812. The van der Waals surface area contributed by atoms with Crippen molar-refractivity contribution in [2.45, 2.75) is 26.7 Å². The maximum Gasteiger partial charge on any atom is 0.273 e. The van der Waals surface area contributed by atoms with Gasteiger partial charge in [-0.15, -0.1) is 5.10 Å². The largest absolute Gasteiger partial charge is 0.356 e. The zero-order valence-corrected chi connectivity index (χ0v) is 15.4. The average Bonchev–Trinajstić information content (AvgIpc) is 3.07. The van der Waals surface area contributed by atoms with Crippen molar-refractivity contribution in [3.05, 3.63) is 47.9 Å². The van der Waals surface area contributed by atoms with Crippen LogP contribution >= 0.6 is 0 Å². The second-order valence-electron chi connectivity index (χ2n) is 6.17. The van der Waals surface area contributed by atoms with Gasteiger partial charge in [0.05, 0.1) is 16.9 Å². The Hall–Kier alpha value is -3.29. The monoisotopic (exact) mass is 366 g/mol. The Morgan fingerprint density at radius 2 is 2.00 bits per heavy atom. The van der Waals surface area contributed by atoms with Crippen LogP contribution in [0.3, 0.4) is 0 Å². The standard InChI is InChI=1S/C19H22N6O2/c1-3-9-21-17(26)8-11-22-19(27)18-13(2)25(24-23-18)15-6-7-16-14(12-15)5-4-10-20-16/h4-7,10,12H,3,8-9,11H2,1-2H3,(H,21,26)(H,22,27). The lowest BCUT2D eigenvalue weighted by molar-refractivity contribution is -0.120. The first kappa shape index (κ1) is 18.5. The van der Waals surface area contributed by atoms with Crippen molar-refractivity contribution in [2.75, 3.05) is 13.1 Å². The predicted molar refractivity (Wildman–Crippen MR) is 102 cm³/mol. The molecule has 3 aromatic rings. The number of nitrogens with one attached hydrogen (secondary N) is 2. The van der Waals surface area contributed by atoms with E-state index in [4.69, 9.17) is 0 Å². The van der Waals surface area contributed by atoms with E-state index in [9.17, 15) is 9.59 Å². The lowest BCUT2D eigenvalue weighted by atomic mass is 10.2. The first-order valence-electron chi connectivity index (χ1n) is 8.92. The Bertz CT molecular complexity index is 966. The number of fused-ring (bicyclic) bond motifs is 1. The summed E-state index contributed by atoms with van der Waals surface area (Å²) in [5.41, 5.74) is 2.57. The van der Waals surface area contributed by atoms with Gasteiger partial charge in [-0.25, -0.2) is 4.68 Å². The highest BCUT2D eigenvalue weighted by Gasteiger charge is 2.17. The van der Waals surface area contributed by atoms with E-state index < -0.39 is 0 Å². The van der Waals surface area contributed by atoms with Crippen molar-refractivity contribution in [2.24, 2.45) is 0 Å². The molecule has 0 radical (unpaired) electrons. The van der Waals surface area contributed by atoms with Crippen molar-refractivity contribution in [1.82, 2.24) is 30.6 Å². The summed E-state index contributed by atoms with van der Waals surface area (Å²) in [6, 6.07) is 9.58. The summed E-state index contributed by atoms with van der Waals surface area (Å²) in [4.78, 5) is 28.2. The van der Waals surface area contributed by atoms with Crippen LogP contribution in [0.2, 0.25) is 0 Å². The molecule has 0 saturated heterocycles. The van der Waals surface area contributed by atoms with Gasteiger partial charge in [0.1, 0.15) is 0 Å². The van der Waals surface area contributed by atoms with Crippen LogP contribution in [0.4, 0.5) is 0 Å². The normalized spacial score (nSPS) is 10.7. The van der Waals surface area contributed by atoms with E-state index >= 15 is 0 Å². The minimum atomic E-state index is -0.343. The lowest BCUT2D eigenvalue weighted by Crippen LogP contribution is -2.31. The van der Waals surface area contributed by atoms with Crippen molar-refractivity contribution in [3.8, 4) is 5.69 Å². The van der Waals surface area contributed by atoms with Crippen molar-refractivity contribution >= 4 is 22.7 Å². The third kappa shape index (κ3) is 4.28. The van der Waals surface area contributed by atoms with Gasteiger partial charge in [0, 0.05) is 31.1 Å². The van der Waals surface area contributed by atoms with Gasteiger partial charge < -0.3 is 10.6 Å². The molecule has 0 aliphatic carbocycles. The number of amides is 2. The summed E-state index contributed by atoms with van der Waals surface area (Å²) in [5.74, 6) is -0.424. The molecule has 0 spiro atoms. The van der Waals surface area contributed by atoms with Crippen LogP contribution < -0.4 is 10.6 Å². The molecule has 2 heterocycles. The third-order valence-corrected chi connectivity index (χ3v) is 4.15. The summed E-state index contributed by atoms with van der Waals surface area (Å²) in [6.07, 6.45) is 2.86. The van der Waals surface area contributed by atoms with Gasteiger partial charge in [-0.3, -0.25) is 14.6 Å². The van der Waals surface area contributed by atoms with E-state index in [0.717, 1.165) is 23.0 Å². The molecule has 2 N–H and O–H groups in total. The van der Waals surface area contributed by atoms with Gasteiger partial charge in [0.2, 0.25) is 5.91 Å². The predicted octanol–water partition coefficient (Wildman–Crippen LogP) is 1.77. The Kier molecular flexibility index (Phi) is 5.75. The number of benzene rings is 1. The number of carbonyl (C=O) groups is 2. The van der Waals surface area contributed by atoms with Gasteiger partial charge in [0.25, 0.3) is 5.91 Å². The van der Waals surface area contributed by atoms with E-state index in [-0.39, 0.29) is 30.5 Å². The van der Waals surface area contributed by atoms with E-state index in [0.29, 0.717) is 12.2 Å². The smallest absolute Gasteiger partial charge is 0.273 e. The molecule has 0 atom stereocenters. The van der Waals surface area contributed by atoms with Gasteiger partial charge in [-0.2, -0.15) is 0 Å². The Morgan fingerprint density at radius 3 is 2.81 bits per heavy atom. The summed E-state index contributed by atoms with van der Waals surface area (Å²) in [6.45, 7) is 4.67. The molecule has 0 fully saturated rings. The van der Waals surface area contributed by atoms with Gasteiger partial charge in [0.15, 0.2) is 5.69 Å². The quantitative estimate of drug-likeness (QED) is 0.663. The van der Waals surface area contributed by atoms with Gasteiger partial charge >= 0.3 is 0 Å². The average molecular weight is 366 g/mol. The molecule has 0 bridgehead atoms. The Morgan fingerprint density at radius 1 is 1.15 bits per heavy atom. The zero-order valence-electron chi connectivity index (χ0n) is 15.4. The SMILES string of the molecule is CCCNC(=O)CCNC(=O)c1nnn(-c2ccc3ncccc3c2)c1C. The summed E-state index contributed by atoms with van der Waals surface area (Å²) in [7, 11) is 0. The maximum absolute atomic E-state index is 12.3. The van der Waals surface area contributed by atoms with Crippen LogP contribution in [0.15, 0.2) is 36.5 Å². The molecule has 27 heavy (non-hydrogen) atoms. The van der Waals surface area contributed by atoms with E-state index in [1.807, 2.05) is 37.3 Å². The zero-order chi connectivity index (χ0) is 19.2. The highest BCUT2D eigenvalue weighted by Crippen LogP contribution is 2.18. The van der Waals surface area contributed by atoms with Gasteiger partial charge in [-0.05, 0) is 37.6 Å². The molecule has 0 aliphatic rings. The number of hydrogen-bond donors (Lipinski definition) is 2. The molecule has 140 valence electrons. The van der Waals surface area contributed by atoms with Crippen LogP contribution in [-0.2, 0) is 4.79 Å². The molecule has 0 saturated carbocycles. The van der Waals surface area contributed by atoms with E-state index in [1.165, 1.54) is 0 Å². The highest BCUT2D eigenvalue weighted by molar-refractivity contribution is 5.93. The van der Waals surface area contributed by atoms with Gasteiger partial charge in [-0.1, -0.05) is 18.2 Å². The summed E-state index contributed by atoms with van der Waals surface area (Å²) in [5, 5.41) is 14.6. The molecule has 8 nitrogen and oxygen atoms in total. The number of nitrogens with zero attached hydrogens (tertiary/aromatic N) is 4. The van der Waals surface area contributed by atoms with E-state index in [2.05, 4.69) is 25.9 Å². The minimum Gasteiger partial charge on any atom is -0.356 e. The fourth-order valence-corrected chi connectivity index (χ4v) is 2.71. The number of rotatable bonds is 7. The first-order chi connectivity index (χ1) is 13.1. The number of pyridine rings is 1. The fourth-order valence-electron chi connectivity index (χ4n) is 2.71. The molecule has 0 unspecified atom stereocenters. The summed E-state index contributed by atoms with van der Waals surface area (Å²) < 4.78 is 1.62. The van der Waals surface area contributed by atoms with E-state index in [1.54, 1.807) is 17.8 Å². The van der Waals surface area contributed by atoms with Crippen LogP contribution in [0.1, 0.15) is 35.9 Å². The molecule has 2 aromatic heterocycles. The molecule has 1 aromatic carbocycles. The molecule has 2 amide bonds. The molecule has 3 rings (SSSR count). The summed E-state index contributed by atoms with van der Waals surface area (Å²) >= 11 is 0. The third-order valence-electron chi connectivity index (χ3n) is 4.15. The first-order valence-corrected chi connectivity index (χ1v) is 8.92. The second kappa shape index (κ2) is 8.39. The lowest BCUT2D eigenvalue weighted by Gasteiger charge is -2.06. The number of aromatic nitrogens is 4. The molecule has 8 heteroatoms.